The van der Waals surface area contributed by atoms with Gasteiger partial charge in [0.25, 0.3) is 5.91 Å². The fourth-order valence-corrected chi connectivity index (χ4v) is 7.15. The molecule has 0 radical (unpaired) electrons. The lowest BCUT2D eigenvalue weighted by Crippen LogP contribution is -2.58. The van der Waals surface area contributed by atoms with Crippen LogP contribution in [0, 0.1) is 24.7 Å². The third kappa shape index (κ3) is 11.7. The van der Waals surface area contributed by atoms with Gasteiger partial charge in [0.05, 0.1) is 19.1 Å². The van der Waals surface area contributed by atoms with Crippen molar-refractivity contribution in [1.29, 1.82) is 0 Å². The molecule has 1 aliphatic heterocycles. The highest BCUT2D eigenvalue weighted by atomic mass is 32.1. The second kappa shape index (κ2) is 18.6. The first kappa shape index (κ1) is 40.7. The van der Waals surface area contributed by atoms with Crippen LogP contribution in [0.4, 0.5) is 0 Å². The summed E-state index contributed by atoms with van der Waals surface area (Å²) >= 11 is 1.16. The molecule has 52 heavy (non-hydrogen) atoms. The summed E-state index contributed by atoms with van der Waals surface area (Å²) in [5.74, 6) is -2.47. The van der Waals surface area contributed by atoms with Gasteiger partial charge >= 0.3 is 11.9 Å². The number of esters is 1. The van der Waals surface area contributed by atoms with Gasteiger partial charge in [0.2, 0.25) is 11.8 Å². The number of carboxylic acids is 1. The van der Waals surface area contributed by atoms with Gasteiger partial charge in [-0.15, -0.1) is 11.3 Å². The molecule has 2 aromatic heterocycles. The third-order valence-corrected chi connectivity index (χ3v) is 10.6. The van der Waals surface area contributed by atoms with Crippen molar-refractivity contribution in [2.75, 3.05) is 33.9 Å². The number of carbonyl (C=O) groups excluding carboxylic acids is 4. The Morgan fingerprint density at radius 2 is 1.81 bits per heavy atom. The molecule has 0 aromatic carbocycles. The predicted molar refractivity (Wildman–Crippen MR) is 192 cm³/mol. The minimum absolute atomic E-state index is 0.0640. The number of nitrogens with zero attached hydrogens (tertiary/aromatic N) is 5. The molecule has 3 N–H and O–H groups in total. The van der Waals surface area contributed by atoms with E-state index in [1.165, 1.54) is 6.92 Å². The Morgan fingerprint density at radius 3 is 2.40 bits per heavy atom. The molecule has 2 fully saturated rings. The third-order valence-electron chi connectivity index (χ3n) is 9.65. The minimum Gasteiger partial charge on any atom is -0.481 e. The van der Waals surface area contributed by atoms with Crippen LogP contribution in [0.15, 0.2) is 17.8 Å². The Bertz CT molecular complexity index is 1550. The number of nitrogens with one attached hydrogen (secondary N) is 2. The lowest BCUT2D eigenvalue weighted by molar-refractivity contribution is -0.149. The van der Waals surface area contributed by atoms with Gasteiger partial charge in [0, 0.05) is 63.2 Å². The maximum absolute atomic E-state index is 14.1. The van der Waals surface area contributed by atoms with E-state index in [4.69, 9.17) is 9.47 Å². The Balaban J connectivity index is 1.49. The van der Waals surface area contributed by atoms with Crippen molar-refractivity contribution in [3.63, 3.8) is 0 Å². The number of aryl methyl sites for hydroxylation is 1. The zero-order valence-corrected chi connectivity index (χ0v) is 32.0. The molecule has 3 heterocycles. The number of amides is 3. The SMILES string of the molecule is CC(=O)O[C@H](C[C@H](C(C)C)N(C)C(=O)[C@H](CC1CC1)NC(=O)[C@H]1COCCN1C)c1nc(C(=O)N[C@@H](Cc2ncc(C)cn2)C[C@H](C)C(=O)O)cs1. The summed E-state index contributed by atoms with van der Waals surface area (Å²) in [5, 5.41) is 17.4. The topological polar surface area (TPSA) is 193 Å². The molecule has 16 heteroatoms. The molecule has 1 saturated carbocycles. The van der Waals surface area contributed by atoms with Crippen LogP contribution in [0.5, 0.6) is 0 Å². The largest absolute Gasteiger partial charge is 0.481 e. The molecule has 15 nitrogen and oxygen atoms in total. The number of thiazole rings is 1. The van der Waals surface area contributed by atoms with Gasteiger partial charge in [-0.2, -0.15) is 0 Å². The molecule has 0 bridgehead atoms. The van der Waals surface area contributed by atoms with Gasteiger partial charge in [-0.05, 0) is 44.2 Å². The first-order valence-electron chi connectivity index (χ1n) is 17.9. The molecule has 0 spiro atoms. The van der Waals surface area contributed by atoms with Gasteiger partial charge in [-0.1, -0.05) is 33.6 Å². The quantitative estimate of drug-likeness (QED) is 0.190. The first-order valence-corrected chi connectivity index (χ1v) is 18.8. The number of rotatable bonds is 18. The van der Waals surface area contributed by atoms with Crippen LogP contribution in [0.25, 0.3) is 0 Å². The van der Waals surface area contributed by atoms with Crippen molar-refractivity contribution in [1.82, 2.24) is 35.4 Å². The van der Waals surface area contributed by atoms with E-state index in [1.54, 1.807) is 36.6 Å². The summed E-state index contributed by atoms with van der Waals surface area (Å²) in [7, 11) is 3.57. The minimum atomic E-state index is -0.986. The van der Waals surface area contributed by atoms with E-state index in [1.807, 2.05) is 32.7 Å². The molecule has 2 aliphatic rings. The Labute approximate surface area is 309 Å². The van der Waals surface area contributed by atoms with Crippen LogP contribution in [-0.4, -0.2) is 118 Å². The van der Waals surface area contributed by atoms with Crippen molar-refractivity contribution >= 4 is 41.0 Å². The van der Waals surface area contributed by atoms with Crippen molar-refractivity contribution in [3.8, 4) is 0 Å². The standard InChI is InChI=1S/C36H53N7O8S/c1-20(2)28(43(7)35(47)26(13-24-8-9-24)40-33(46)29-18-50-11-10-42(29)6)15-30(51-23(5)44)34-41-27(19-52-34)32(45)39-25(12-22(4)36(48)49)14-31-37-16-21(3)17-38-31/h16-17,19-20,22,24-26,28-30H,8-15,18H2,1-7H3,(H,39,45)(H,40,46)(H,48,49)/t22-,25+,26-,28+,29+,30+/m0/s1. The Hall–Kier alpha value is -4.02. The molecule has 2 aromatic rings. The van der Waals surface area contributed by atoms with E-state index in [0.29, 0.717) is 36.3 Å². The number of carbonyl (C=O) groups is 5. The molecule has 286 valence electrons. The van der Waals surface area contributed by atoms with E-state index >= 15 is 0 Å². The number of ether oxygens (including phenoxy) is 2. The van der Waals surface area contributed by atoms with Crippen LogP contribution >= 0.6 is 11.3 Å². The summed E-state index contributed by atoms with van der Waals surface area (Å²) < 4.78 is 11.3. The zero-order valence-electron chi connectivity index (χ0n) is 31.2. The average molecular weight is 744 g/mol. The molecular weight excluding hydrogens is 691 g/mol. The maximum Gasteiger partial charge on any atom is 0.306 e. The summed E-state index contributed by atoms with van der Waals surface area (Å²) in [4.78, 5) is 81.6. The van der Waals surface area contributed by atoms with E-state index in [9.17, 15) is 29.1 Å². The van der Waals surface area contributed by atoms with E-state index in [0.717, 1.165) is 29.7 Å². The number of carboxylic acid groups (broad SMARTS) is 1. The van der Waals surface area contributed by atoms with Gasteiger partial charge in [-0.3, -0.25) is 28.9 Å². The van der Waals surface area contributed by atoms with Crippen LogP contribution < -0.4 is 10.6 Å². The number of likely N-dealkylation sites (N-methyl/N-ethyl adjacent to an activating group) is 2. The van der Waals surface area contributed by atoms with Gasteiger partial charge < -0.3 is 30.1 Å². The average Bonchev–Trinajstić information content (AvgIpc) is 3.77. The lowest BCUT2D eigenvalue weighted by atomic mass is 9.95. The highest BCUT2D eigenvalue weighted by Crippen LogP contribution is 2.35. The van der Waals surface area contributed by atoms with E-state index in [-0.39, 0.29) is 49.3 Å². The number of aromatic nitrogens is 3. The number of hydrogen-bond acceptors (Lipinski definition) is 12. The summed E-state index contributed by atoms with van der Waals surface area (Å²) in [6, 6.07) is -2.19. The van der Waals surface area contributed by atoms with Crippen molar-refractivity contribution < 1.29 is 38.6 Å². The van der Waals surface area contributed by atoms with Crippen molar-refractivity contribution in [3.05, 3.63) is 39.9 Å². The van der Waals surface area contributed by atoms with Crippen LogP contribution in [-0.2, 0) is 35.1 Å². The second-order valence-electron chi connectivity index (χ2n) is 14.5. The number of morpholine rings is 1. The normalized spacial score (nSPS) is 19.2. The van der Waals surface area contributed by atoms with Crippen LogP contribution in [0.1, 0.15) is 92.8 Å². The van der Waals surface area contributed by atoms with E-state index < -0.39 is 54.0 Å². The smallest absolute Gasteiger partial charge is 0.306 e. The molecular formula is C36H53N7O8S. The fourth-order valence-electron chi connectivity index (χ4n) is 6.31. The Kier molecular flexibility index (Phi) is 14.6. The van der Waals surface area contributed by atoms with Crippen LogP contribution in [0.3, 0.4) is 0 Å². The molecule has 0 unspecified atom stereocenters. The monoisotopic (exact) mass is 743 g/mol. The molecule has 4 rings (SSSR count). The van der Waals surface area contributed by atoms with Crippen molar-refractivity contribution in [2.45, 2.75) is 103 Å². The highest BCUT2D eigenvalue weighted by Gasteiger charge is 2.38. The molecule has 6 atom stereocenters. The maximum atomic E-state index is 14.1. The number of hydrogen-bond donors (Lipinski definition) is 3. The first-order chi connectivity index (χ1) is 24.6. The summed E-state index contributed by atoms with van der Waals surface area (Å²) in [6.45, 7) is 10.1. The van der Waals surface area contributed by atoms with Gasteiger partial charge in [0.1, 0.15) is 28.6 Å². The lowest BCUT2D eigenvalue weighted by Gasteiger charge is -2.37. The van der Waals surface area contributed by atoms with Crippen LogP contribution in [0.2, 0.25) is 0 Å². The molecule has 1 saturated heterocycles. The van der Waals surface area contributed by atoms with Gasteiger partial charge in [0.15, 0.2) is 6.10 Å². The Morgan fingerprint density at radius 1 is 1.12 bits per heavy atom. The molecule has 1 aliphatic carbocycles. The zero-order chi connectivity index (χ0) is 38.1. The summed E-state index contributed by atoms with van der Waals surface area (Å²) in [6.07, 6.45) is 5.60. The highest BCUT2D eigenvalue weighted by molar-refractivity contribution is 7.09. The van der Waals surface area contributed by atoms with Crippen molar-refractivity contribution in [2.24, 2.45) is 17.8 Å². The second-order valence-corrected chi connectivity index (χ2v) is 15.4. The van der Waals surface area contributed by atoms with Gasteiger partial charge in [-0.25, -0.2) is 15.0 Å². The predicted octanol–water partition coefficient (Wildman–Crippen LogP) is 2.79. The van der Waals surface area contributed by atoms with E-state index in [2.05, 4.69) is 25.6 Å². The fraction of sp³-hybridized carbons (Fsp3) is 0.667. The summed E-state index contributed by atoms with van der Waals surface area (Å²) in [5.41, 5.74) is 0.961. The number of aliphatic carboxylic acids is 1. The molecule has 3 amide bonds.